The fourth-order valence-corrected chi connectivity index (χ4v) is 8.62. The Balaban J connectivity index is 1.52. The second kappa shape index (κ2) is 7.73. The van der Waals surface area contributed by atoms with Crippen molar-refractivity contribution in [1.29, 1.82) is 0 Å². The predicted molar refractivity (Wildman–Crippen MR) is 126 cm³/mol. The Hall–Kier alpha value is -1.55. The Kier molecular flexibility index (Phi) is 5.44. The summed E-state index contributed by atoms with van der Waals surface area (Å²) < 4.78 is 5.20. The first kappa shape index (κ1) is 23.2. The van der Waals surface area contributed by atoms with E-state index in [-0.39, 0.29) is 34.3 Å². The van der Waals surface area contributed by atoms with Crippen LogP contribution in [0, 0.1) is 28.6 Å². The number of carbonyl (C=O) groups excluding carboxylic acids is 1. The number of aliphatic hydroxyl groups is 3. The molecular weight excluding hydrogens is 442 g/mol. The van der Waals surface area contributed by atoms with Crippen molar-refractivity contribution in [3.8, 4) is 0 Å². The lowest BCUT2D eigenvalue weighted by atomic mass is 9.41. The van der Waals surface area contributed by atoms with Gasteiger partial charge in [-0.05, 0) is 86.9 Å². The second-order valence-electron chi connectivity index (χ2n) is 11.3. The molecule has 0 amide bonds. The van der Waals surface area contributed by atoms with Gasteiger partial charge in [-0.25, -0.2) is 4.79 Å². The molecule has 9 heteroatoms. The van der Waals surface area contributed by atoms with Gasteiger partial charge in [-0.1, -0.05) is 6.92 Å². The van der Waals surface area contributed by atoms with Crippen LogP contribution in [0.2, 0.25) is 0 Å². The number of esters is 1. The largest absolute Gasteiger partial charge is 0.458 e. The fourth-order valence-electron chi connectivity index (χ4n) is 8.57. The average Bonchev–Trinajstić information content (AvgIpc) is 3.28. The van der Waals surface area contributed by atoms with Gasteiger partial charge in [-0.2, -0.15) is 5.10 Å². The molecule has 8 atom stereocenters. The summed E-state index contributed by atoms with van der Waals surface area (Å²) >= 11 is 4.91. The van der Waals surface area contributed by atoms with Crippen LogP contribution in [0.3, 0.4) is 0 Å². The highest BCUT2D eigenvalue weighted by atomic mass is 32.1. The highest BCUT2D eigenvalue weighted by molar-refractivity contribution is 7.80. The van der Waals surface area contributed by atoms with Crippen LogP contribution in [0.1, 0.15) is 64.7 Å². The van der Waals surface area contributed by atoms with Gasteiger partial charge in [0.05, 0.1) is 17.3 Å². The molecule has 4 saturated carbocycles. The topological polar surface area (TPSA) is 137 Å². The minimum atomic E-state index is -1.09. The van der Waals surface area contributed by atoms with Crippen LogP contribution in [0.4, 0.5) is 0 Å². The second-order valence-corrected chi connectivity index (χ2v) is 11.7. The number of nitrogens with two attached hydrogens (primary N) is 1. The first-order valence-electron chi connectivity index (χ1n) is 12.1. The first-order chi connectivity index (χ1) is 15.5. The molecule has 33 heavy (non-hydrogen) atoms. The number of hydrogen-bond donors (Lipinski definition) is 5. The Bertz CT molecular complexity index is 926. The number of hydrazone groups is 1. The minimum Gasteiger partial charge on any atom is -0.458 e. The van der Waals surface area contributed by atoms with Crippen molar-refractivity contribution in [3.05, 3.63) is 11.6 Å². The van der Waals surface area contributed by atoms with Gasteiger partial charge >= 0.3 is 5.97 Å². The van der Waals surface area contributed by atoms with Crippen molar-refractivity contribution >= 4 is 29.5 Å². The van der Waals surface area contributed by atoms with E-state index in [1.54, 1.807) is 12.3 Å². The monoisotopic (exact) mass is 477 g/mol. The van der Waals surface area contributed by atoms with Gasteiger partial charge in [-0.15, -0.1) is 0 Å². The van der Waals surface area contributed by atoms with Gasteiger partial charge in [0.1, 0.15) is 6.61 Å². The Labute approximate surface area is 199 Å². The summed E-state index contributed by atoms with van der Waals surface area (Å²) in [5, 5.41) is 39.0. The van der Waals surface area contributed by atoms with Gasteiger partial charge in [0, 0.05) is 29.5 Å². The van der Waals surface area contributed by atoms with Crippen LogP contribution in [-0.4, -0.2) is 56.5 Å². The highest BCUT2D eigenvalue weighted by Gasteiger charge is 2.71. The van der Waals surface area contributed by atoms with Gasteiger partial charge < -0.3 is 25.8 Å². The first-order valence-corrected chi connectivity index (χ1v) is 12.6. The van der Waals surface area contributed by atoms with Gasteiger partial charge in [-0.3, -0.25) is 5.43 Å². The summed E-state index contributed by atoms with van der Waals surface area (Å²) in [6.07, 6.45) is 8.63. The molecule has 0 radical (unpaired) electrons. The molecule has 0 aromatic carbocycles. The molecule has 0 bridgehead atoms. The molecule has 6 N–H and O–H groups in total. The number of hydrogen-bond acceptors (Lipinski definition) is 7. The van der Waals surface area contributed by atoms with Crippen molar-refractivity contribution in [2.75, 3.05) is 6.61 Å². The number of ether oxygens (including phenoxy) is 1. The summed E-state index contributed by atoms with van der Waals surface area (Å²) in [5.74, 6) is -0.161. The van der Waals surface area contributed by atoms with Crippen LogP contribution in [0.5, 0.6) is 0 Å². The predicted octanol–water partition coefficient (Wildman–Crippen LogP) is 1.52. The molecular formula is C24H35N3O5S. The number of cyclic esters (lactones) is 1. The zero-order chi connectivity index (χ0) is 23.6. The van der Waals surface area contributed by atoms with Crippen LogP contribution in [0.25, 0.3) is 0 Å². The number of nitrogens with one attached hydrogen (secondary N) is 1. The van der Waals surface area contributed by atoms with E-state index in [1.807, 2.05) is 0 Å². The van der Waals surface area contributed by atoms with E-state index in [0.29, 0.717) is 45.1 Å². The molecule has 0 saturated heterocycles. The molecule has 182 valence electrons. The molecule has 5 rings (SSSR count). The highest BCUT2D eigenvalue weighted by Crippen LogP contribution is 2.70. The van der Waals surface area contributed by atoms with Crippen LogP contribution in [0.15, 0.2) is 16.8 Å². The quantitative estimate of drug-likeness (QED) is 0.179. The van der Waals surface area contributed by atoms with Crippen molar-refractivity contribution < 1.29 is 24.9 Å². The summed E-state index contributed by atoms with van der Waals surface area (Å²) in [4.78, 5) is 11.7. The molecule has 5 unspecified atom stereocenters. The van der Waals surface area contributed by atoms with Crippen molar-refractivity contribution in [2.45, 2.75) is 82.0 Å². The normalized spacial score (nSPS) is 49.1. The van der Waals surface area contributed by atoms with E-state index in [0.717, 1.165) is 24.8 Å². The molecule has 1 heterocycles. The maximum atomic E-state index is 12.3. The van der Waals surface area contributed by atoms with E-state index in [2.05, 4.69) is 17.5 Å². The maximum absolute atomic E-state index is 12.3. The summed E-state index contributed by atoms with van der Waals surface area (Å²) in [6.45, 7) is 2.49. The average molecular weight is 478 g/mol. The van der Waals surface area contributed by atoms with Crippen molar-refractivity contribution in [3.63, 3.8) is 0 Å². The number of nitrogens with zero attached hydrogens (tertiary/aromatic N) is 1. The molecule has 5 aliphatic rings. The van der Waals surface area contributed by atoms with Crippen LogP contribution >= 0.6 is 12.2 Å². The lowest BCUT2D eigenvalue weighted by molar-refractivity contribution is -0.237. The smallest absolute Gasteiger partial charge is 0.331 e. The lowest BCUT2D eigenvalue weighted by Gasteiger charge is -2.65. The van der Waals surface area contributed by atoms with E-state index < -0.39 is 22.7 Å². The van der Waals surface area contributed by atoms with Crippen LogP contribution < -0.4 is 11.2 Å². The molecule has 1 aliphatic heterocycles. The van der Waals surface area contributed by atoms with Gasteiger partial charge in [0.15, 0.2) is 5.11 Å². The van der Waals surface area contributed by atoms with Gasteiger partial charge in [0.25, 0.3) is 0 Å². The molecule has 4 fully saturated rings. The van der Waals surface area contributed by atoms with E-state index in [4.69, 9.17) is 22.7 Å². The molecule has 4 aliphatic carbocycles. The number of fused-ring (bicyclic) bond motifs is 5. The van der Waals surface area contributed by atoms with E-state index in [1.165, 1.54) is 0 Å². The Morgan fingerprint density at radius 3 is 2.67 bits per heavy atom. The number of aliphatic hydroxyl groups excluding tert-OH is 1. The van der Waals surface area contributed by atoms with Crippen LogP contribution in [-0.2, 0) is 9.53 Å². The molecule has 0 aromatic heterocycles. The molecule has 0 spiro atoms. The summed E-state index contributed by atoms with van der Waals surface area (Å²) in [6, 6.07) is 0. The van der Waals surface area contributed by atoms with Crippen molar-refractivity contribution in [2.24, 2.45) is 39.4 Å². The third-order valence-corrected chi connectivity index (χ3v) is 10.2. The third-order valence-electron chi connectivity index (χ3n) is 10.1. The summed E-state index contributed by atoms with van der Waals surface area (Å²) in [7, 11) is 0. The Morgan fingerprint density at radius 2 is 1.97 bits per heavy atom. The number of thiocarbonyl (C=S) groups is 1. The zero-order valence-electron chi connectivity index (χ0n) is 19.1. The zero-order valence-corrected chi connectivity index (χ0v) is 19.9. The van der Waals surface area contributed by atoms with Crippen molar-refractivity contribution in [1.82, 2.24) is 5.43 Å². The summed E-state index contributed by atoms with van der Waals surface area (Å²) in [5.41, 5.74) is 6.20. The number of rotatable bonds is 3. The molecule has 0 aromatic rings. The van der Waals surface area contributed by atoms with E-state index in [9.17, 15) is 20.1 Å². The SMILES string of the molecule is CC12CC[C@H]3[C@@H](CCC4(O)C[C@H](O)CCC34/C=N\NC(N)=S)C1(O)CCC2C1=CC(=O)OC1. The third kappa shape index (κ3) is 3.22. The standard InChI is InChI=1S/C24H35N3O5S/c1-21-6-3-17-18(24(21,31)9-5-16(21)14-10-19(29)32-12-14)4-8-23(30)11-15(28)2-7-22(17,23)13-26-27-20(25)33/h10,13,15-18,28,30-31H,2-9,11-12H2,1H3,(H3,25,27,33)/b26-13-/t15-,16?,17+,18-,21?,22?,23?,24?/m1/s1. The molecule has 8 nitrogen and oxygen atoms in total. The maximum Gasteiger partial charge on any atom is 0.331 e. The minimum absolute atomic E-state index is 0.00771. The fraction of sp³-hybridized carbons (Fsp3) is 0.792. The van der Waals surface area contributed by atoms with Gasteiger partial charge in [0.2, 0.25) is 0 Å². The van der Waals surface area contributed by atoms with E-state index >= 15 is 0 Å². The lowest BCUT2D eigenvalue weighted by Crippen LogP contribution is -2.68. The Morgan fingerprint density at radius 1 is 1.21 bits per heavy atom. The number of carbonyl (C=O) groups is 1.